The SMILES string of the molecule is Cc1nc(C(NC(=O)c2cc(C3CC3)on2)c2ccc(Cl)cc2)no1. The van der Waals surface area contributed by atoms with E-state index in [0.717, 1.165) is 24.2 Å². The second kappa shape index (κ2) is 6.33. The molecule has 7 nitrogen and oxygen atoms in total. The Morgan fingerprint density at radius 1 is 1.24 bits per heavy atom. The number of benzene rings is 1. The predicted octanol–water partition coefficient (Wildman–Crippen LogP) is 3.42. The Hall–Kier alpha value is -2.67. The van der Waals surface area contributed by atoms with Gasteiger partial charge in [-0.1, -0.05) is 34.0 Å². The highest BCUT2D eigenvalue weighted by atomic mass is 35.5. The normalized spacial score (nSPS) is 15.1. The van der Waals surface area contributed by atoms with E-state index in [1.54, 1.807) is 37.3 Å². The zero-order chi connectivity index (χ0) is 17.4. The van der Waals surface area contributed by atoms with Gasteiger partial charge in [0.15, 0.2) is 11.5 Å². The predicted molar refractivity (Wildman–Crippen MR) is 88.3 cm³/mol. The maximum Gasteiger partial charge on any atom is 0.274 e. The van der Waals surface area contributed by atoms with Gasteiger partial charge in [-0.05, 0) is 30.5 Å². The van der Waals surface area contributed by atoms with Gasteiger partial charge in [0.1, 0.15) is 11.8 Å². The summed E-state index contributed by atoms with van der Waals surface area (Å²) in [6, 6.07) is 8.19. The lowest BCUT2D eigenvalue weighted by Crippen LogP contribution is -2.30. The highest BCUT2D eigenvalue weighted by molar-refractivity contribution is 6.30. The van der Waals surface area contributed by atoms with E-state index in [1.807, 2.05) is 0 Å². The molecule has 0 saturated heterocycles. The van der Waals surface area contributed by atoms with Crippen molar-refractivity contribution in [2.75, 3.05) is 0 Å². The number of hydrogen-bond acceptors (Lipinski definition) is 6. The Morgan fingerprint density at radius 2 is 2.00 bits per heavy atom. The van der Waals surface area contributed by atoms with Crippen molar-refractivity contribution in [1.82, 2.24) is 20.6 Å². The number of carbonyl (C=O) groups excluding carboxylic acids is 1. The fourth-order valence-electron chi connectivity index (χ4n) is 2.55. The van der Waals surface area contributed by atoms with Crippen molar-refractivity contribution in [3.63, 3.8) is 0 Å². The number of rotatable bonds is 5. The van der Waals surface area contributed by atoms with Crippen LogP contribution in [0.4, 0.5) is 0 Å². The van der Waals surface area contributed by atoms with E-state index in [-0.39, 0.29) is 11.6 Å². The molecule has 2 heterocycles. The topological polar surface area (TPSA) is 94.1 Å². The molecule has 1 amide bonds. The van der Waals surface area contributed by atoms with Crippen LogP contribution in [0.5, 0.6) is 0 Å². The van der Waals surface area contributed by atoms with E-state index in [1.165, 1.54) is 0 Å². The number of halogens is 1. The molecular weight excluding hydrogens is 344 g/mol. The summed E-state index contributed by atoms with van der Waals surface area (Å²) < 4.78 is 10.3. The van der Waals surface area contributed by atoms with Crippen LogP contribution in [0.2, 0.25) is 5.02 Å². The summed E-state index contributed by atoms with van der Waals surface area (Å²) in [5.74, 6) is 1.56. The molecule has 0 radical (unpaired) electrons. The Balaban J connectivity index is 1.60. The van der Waals surface area contributed by atoms with Gasteiger partial charge in [0.05, 0.1) is 0 Å². The van der Waals surface area contributed by atoms with Crippen LogP contribution in [0, 0.1) is 6.92 Å². The molecule has 1 aliphatic rings. The minimum atomic E-state index is -0.580. The molecule has 3 aromatic rings. The molecule has 1 aliphatic carbocycles. The van der Waals surface area contributed by atoms with Crippen LogP contribution in [0.3, 0.4) is 0 Å². The quantitative estimate of drug-likeness (QED) is 0.751. The van der Waals surface area contributed by atoms with Gasteiger partial charge in [-0.2, -0.15) is 4.98 Å². The van der Waals surface area contributed by atoms with Crippen molar-refractivity contribution in [3.8, 4) is 0 Å². The average molecular weight is 359 g/mol. The third-order valence-corrected chi connectivity index (χ3v) is 4.27. The summed E-state index contributed by atoms with van der Waals surface area (Å²) in [7, 11) is 0. The molecule has 2 aromatic heterocycles. The van der Waals surface area contributed by atoms with Gasteiger partial charge in [-0.3, -0.25) is 4.79 Å². The molecule has 8 heteroatoms. The number of nitrogens with one attached hydrogen (secondary N) is 1. The van der Waals surface area contributed by atoms with E-state index in [2.05, 4.69) is 20.6 Å². The molecule has 0 aliphatic heterocycles. The third kappa shape index (κ3) is 3.41. The number of aryl methyl sites for hydroxylation is 1. The molecule has 0 spiro atoms. The van der Waals surface area contributed by atoms with Crippen molar-refractivity contribution in [2.24, 2.45) is 0 Å². The number of carbonyl (C=O) groups is 1. The number of amides is 1. The summed E-state index contributed by atoms with van der Waals surface area (Å²) in [5.41, 5.74) is 1.02. The molecule has 0 bridgehead atoms. The maximum absolute atomic E-state index is 12.6. The molecule has 1 N–H and O–H groups in total. The van der Waals surface area contributed by atoms with Crippen molar-refractivity contribution in [2.45, 2.75) is 31.7 Å². The second-order valence-corrected chi connectivity index (χ2v) is 6.45. The summed E-state index contributed by atoms with van der Waals surface area (Å²) >= 11 is 5.95. The van der Waals surface area contributed by atoms with Crippen molar-refractivity contribution in [1.29, 1.82) is 0 Å². The van der Waals surface area contributed by atoms with Gasteiger partial charge in [-0.15, -0.1) is 0 Å². The van der Waals surface area contributed by atoms with Crippen LogP contribution in [-0.4, -0.2) is 21.2 Å². The second-order valence-electron chi connectivity index (χ2n) is 6.02. The zero-order valence-corrected chi connectivity index (χ0v) is 14.2. The Labute approximate surface area is 148 Å². The first-order valence-electron chi connectivity index (χ1n) is 7.93. The van der Waals surface area contributed by atoms with Crippen LogP contribution in [0.15, 0.2) is 39.4 Å². The minimum Gasteiger partial charge on any atom is -0.360 e. The zero-order valence-electron chi connectivity index (χ0n) is 13.4. The van der Waals surface area contributed by atoms with Gasteiger partial charge in [0.25, 0.3) is 5.91 Å². The van der Waals surface area contributed by atoms with Crippen LogP contribution >= 0.6 is 11.6 Å². The Morgan fingerprint density at radius 3 is 2.64 bits per heavy atom. The first-order chi connectivity index (χ1) is 12.1. The van der Waals surface area contributed by atoms with Crippen LogP contribution in [0.25, 0.3) is 0 Å². The molecule has 1 saturated carbocycles. The number of nitrogens with zero attached hydrogens (tertiary/aromatic N) is 3. The van der Waals surface area contributed by atoms with Crippen molar-refractivity contribution < 1.29 is 13.8 Å². The summed E-state index contributed by atoms with van der Waals surface area (Å²) in [6.07, 6.45) is 2.15. The summed E-state index contributed by atoms with van der Waals surface area (Å²) in [4.78, 5) is 16.8. The molecule has 1 atom stereocenters. The highest BCUT2D eigenvalue weighted by Crippen LogP contribution is 2.40. The monoisotopic (exact) mass is 358 g/mol. The molecule has 4 rings (SSSR count). The lowest BCUT2D eigenvalue weighted by Gasteiger charge is -2.15. The van der Waals surface area contributed by atoms with Crippen LogP contribution in [0.1, 0.15) is 58.3 Å². The molecule has 128 valence electrons. The van der Waals surface area contributed by atoms with Gasteiger partial charge >= 0.3 is 0 Å². The number of hydrogen-bond donors (Lipinski definition) is 1. The molecular formula is C17H15ClN4O3. The van der Waals surface area contributed by atoms with Crippen molar-refractivity contribution in [3.05, 3.63) is 64.1 Å². The smallest absolute Gasteiger partial charge is 0.274 e. The van der Waals surface area contributed by atoms with Gasteiger partial charge in [0, 0.05) is 23.9 Å². The van der Waals surface area contributed by atoms with Gasteiger partial charge in [0.2, 0.25) is 5.89 Å². The molecule has 1 unspecified atom stereocenters. The van der Waals surface area contributed by atoms with E-state index in [9.17, 15) is 4.79 Å². The Bertz CT molecular complexity index is 899. The molecule has 1 fully saturated rings. The first kappa shape index (κ1) is 15.8. The highest BCUT2D eigenvalue weighted by Gasteiger charge is 2.30. The molecule has 25 heavy (non-hydrogen) atoms. The van der Waals surface area contributed by atoms with Crippen molar-refractivity contribution >= 4 is 17.5 Å². The van der Waals surface area contributed by atoms with E-state index >= 15 is 0 Å². The minimum absolute atomic E-state index is 0.237. The number of aromatic nitrogens is 3. The Kier molecular flexibility index (Phi) is 4.01. The van der Waals surface area contributed by atoms with E-state index in [4.69, 9.17) is 20.6 Å². The third-order valence-electron chi connectivity index (χ3n) is 4.02. The van der Waals surface area contributed by atoms with Crippen LogP contribution < -0.4 is 5.32 Å². The van der Waals surface area contributed by atoms with Crippen LogP contribution in [-0.2, 0) is 0 Å². The molecule has 1 aromatic carbocycles. The fourth-order valence-corrected chi connectivity index (χ4v) is 2.67. The first-order valence-corrected chi connectivity index (χ1v) is 8.31. The maximum atomic E-state index is 12.6. The fraction of sp³-hybridized carbons (Fsp3) is 0.294. The average Bonchev–Trinajstić information content (AvgIpc) is 3.17. The van der Waals surface area contributed by atoms with Gasteiger partial charge in [-0.25, -0.2) is 0 Å². The lowest BCUT2D eigenvalue weighted by atomic mass is 10.1. The van der Waals surface area contributed by atoms with E-state index in [0.29, 0.717) is 22.7 Å². The lowest BCUT2D eigenvalue weighted by molar-refractivity contribution is 0.0932. The van der Waals surface area contributed by atoms with Gasteiger partial charge < -0.3 is 14.4 Å². The van der Waals surface area contributed by atoms with E-state index < -0.39 is 6.04 Å². The largest absolute Gasteiger partial charge is 0.360 e. The standard InChI is InChI=1S/C17H15ClN4O3/c1-9-19-16(22-24-9)15(11-4-6-12(18)7-5-11)20-17(23)13-8-14(25-21-13)10-2-3-10/h4-8,10,15H,2-3H2,1H3,(H,20,23). The summed E-state index contributed by atoms with van der Waals surface area (Å²) in [5, 5.41) is 11.3. The summed E-state index contributed by atoms with van der Waals surface area (Å²) in [6.45, 7) is 1.69.